The van der Waals surface area contributed by atoms with E-state index in [0.29, 0.717) is 59.1 Å². The molecule has 10 nitrogen and oxygen atoms in total. The summed E-state index contributed by atoms with van der Waals surface area (Å²) in [6.07, 6.45) is 0.802. The first-order valence-electron chi connectivity index (χ1n) is 11.3. The molecule has 1 aliphatic rings. The topological polar surface area (TPSA) is 101 Å². The molecule has 1 saturated heterocycles. The summed E-state index contributed by atoms with van der Waals surface area (Å²) in [5, 5.41) is 3.38. The molecule has 1 heterocycles. The molecule has 0 saturated carbocycles. The van der Waals surface area contributed by atoms with Gasteiger partial charge in [-0.15, -0.1) is 0 Å². The molecule has 0 aromatic heterocycles. The van der Waals surface area contributed by atoms with Crippen molar-refractivity contribution in [1.29, 1.82) is 0 Å². The zero-order valence-electron chi connectivity index (χ0n) is 19.4. The Morgan fingerprint density at radius 3 is 1.35 bits per heavy atom. The molecule has 180 valence electrons. The average Bonchev–Trinajstić information content (AvgIpc) is 2.72. The summed E-state index contributed by atoms with van der Waals surface area (Å²) in [6.45, 7) is 12.7. The zero-order valence-corrected chi connectivity index (χ0v) is 19.4. The third-order valence-corrected chi connectivity index (χ3v) is 4.86. The number of hydrogen-bond acceptors (Lipinski definition) is 10. The van der Waals surface area contributed by atoms with Crippen LogP contribution in [0.5, 0.6) is 0 Å². The molecular weight excluding hydrogens is 404 g/mol. The Balaban J connectivity index is 2.76. The van der Waals surface area contributed by atoms with E-state index in [1.807, 2.05) is 9.80 Å². The van der Waals surface area contributed by atoms with E-state index in [2.05, 4.69) is 10.2 Å². The minimum absolute atomic E-state index is 0.206. The van der Waals surface area contributed by atoms with Crippen molar-refractivity contribution in [3.63, 3.8) is 0 Å². The standard InChI is InChI=1S/C21H40N4O6/c1-4-29-19(26)16-23-10-7-11-24(17-20(27)30-5-2)14-15-25(13-9-22-8-12-23)18-21(28)31-6-3/h22H,4-18H2,1-3H3. The van der Waals surface area contributed by atoms with Crippen LogP contribution in [-0.4, -0.2) is 124 Å². The second-order valence-electron chi connectivity index (χ2n) is 7.35. The van der Waals surface area contributed by atoms with Crippen molar-refractivity contribution in [2.45, 2.75) is 27.2 Å². The Morgan fingerprint density at radius 1 is 0.613 bits per heavy atom. The van der Waals surface area contributed by atoms with Crippen LogP contribution in [0, 0.1) is 0 Å². The van der Waals surface area contributed by atoms with Crippen molar-refractivity contribution < 1.29 is 28.6 Å². The third kappa shape index (κ3) is 13.3. The van der Waals surface area contributed by atoms with Gasteiger partial charge >= 0.3 is 17.9 Å². The number of ether oxygens (including phenoxy) is 3. The Morgan fingerprint density at radius 2 is 0.968 bits per heavy atom. The SMILES string of the molecule is CCOC(=O)CN1CCCN(CC(=O)OCC)CCN(CC(=O)OCC)CCNCC1. The van der Waals surface area contributed by atoms with E-state index in [4.69, 9.17) is 14.2 Å². The van der Waals surface area contributed by atoms with Crippen LogP contribution in [0.25, 0.3) is 0 Å². The van der Waals surface area contributed by atoms with Gasteiger partial charge in [0.05, 0.1) is 39.5 Å². The predicted octanol–water partition coefficient (Wildman–Crippen LogP) is -0.425. The van der Waals surface area contributed by atoms with Gasteiger partial charge in [0, 0.05) is 52.4 Å². The largest absolute Gasteiger partial charge is 0.465 e. The van der Waals surface area contributed by atoms with Crippen LogP contribution in [0.15, 0.2) is 0 Å². The number of hydrogen-bond donors (Lipinski definition) is 1. The summed E-state index contributed by atoms with van der Waals surface area (Å²) in [5.41, 5.74) is 0. The second kappa shape index (κ2) is 16.9. The van der Waals surface area contributed by atoms with E-state index in [0.717, 1.165) is 19.5 Å². The fourth-order valence-corrected chi connectivity index (χ4v) is 3.38. The lowest BCUT2D eigenvalue weighted by Crippen LogP contribution is -2.43. The van der Waals surface area contributed by atoms with Crippen molar-refractivity contribution >= 4 is 17.9 Å². The first-order chi connectivity index (χ1) is 15.0. The van der Waals surface area contributed by atoms with Crippen LogP contribution in [0.3, 0.4) is 0 Å². The van der Waals surface area contributed by atoms with Gasteiger partial charge in [-0.25, -0.2) is 0 Å². The van der Waals surface area contributed by atoms with Crippen LogP contribution in [-0.2, 0) is 28.6 Å². The van der Waals surface area contributed by atoms with E-state index in [1.54, 1.807) is 20.8 Å². The highest BCUT2D eigenvalue weighted by atomic mass is 16.5. The number of nitrogens with zero attached hydrogens (tertiary/aromatic N) is 3. The number of rotatable bonds is 9. The van der Waals surface area contributed by atoms with Gasteiger partial charge in [0.1, 0.15) is 0 Å². The maximum Gasteiger partial charge on any atom is 0.320 e. The monoisotopic (exact) mass is 444 g/mol. The van der Waals surface area contributed by atoms with Gasteiger partial charge in [-0.2, -0.15) is 0 Å². The van der Waals surface area contributed by atoms with Gasteiger partial charge < -0.3 is 19.5 Å². The molecule has 0 aromatic carbocycles. The summed E-state index contributed by atoms with van der Waals surface area (Å²) >= 11 is 0. The lowest BCUT2D eigenvalue weighted by molar-refractivity contribution is -0.146. The molecule has 1 aliphatic heterocycles. The maximum atomic E-state index is 12.0. The molecule has 0 aromatic rings. The van der Waals surface area contributed by atoms with Gasteiger partial charge in [-0.3, -0.25) is 29.1 Å². The van der Waals surface area contributed by atoms with Gasteiger partial charge in [0.15, 0.2) is 0 Å². The molecule has 0 bridgehead atoms. The lowest BCUT2D eigenvalue weighted by Gasteiger charge is -2.27. The van der Waals surface area contributed by atoms with E-state index in [9.17, 15) is 14.4 Å². The van der Waals surface area contributed by atoms with Gasteiger partial charge in [0.2, 0.25) is 0 Å². The minimum atomic E-state index is -0.256. The fourth-order valence-electron chi connectivity index (χ4n) is 3.38. The lowest BCUT2D eigenvalue weighted by atomic mass is 10.3. The van der Waals surface area contributed by atoms with E-state index >= 15 is 0 Å². The van der Waals surface area contributed by atoms with E-state index < -0.39 is 0 Å². The quantitative estimate of drug-likeness (QED) is 0.373. The number of nitrogens with one attached hydrogen (secondary N) is 1. The molecule has 0 unspecified atom stereocenters. The van der Waals surface area contributed by atoms with Crippen LogP contribution in [0.1, 0.15) is 27.2 Å². The van der Waals surface area contributed by atoms with Crippen molar-refractivity contribution in [3.8, 4) is 0 Å². The zero-order chi connectivity index (χ0) is 22.9. The highest BCUT2D eigenvalue weighted by Crippen LogP contribution is 2.01. The van der Waals surface area contributed by atoms with Gasteiger partial charge in [-0.05, 0) is 27.2 Å². The molecule has 0 aliphatic carbocycles. The highest BCUT2D eigenvalue weighted by Gasteiger charge is 2.18. The van der Waals surface area contributed by atoms with Gasteiger partial charge in [0.25, 0.3) is 0 Å². The third-order valence-electron chi connectivity index (χ3n) is 4.86. The maximum absolute atomic E-state index is 12.0. The number of carbonyl (C=O) groups is 3. The average molecular weight is 445 g/mol. The van der Waals surface area contributed by atoms with Gasteiger partial charge in [-0.1, -0.05) is 0 Å². The fraction of sp³-hybridized carbons (Fsp3) is 0.857. The molecule has 0 radical (unpaired) electrons. The van der Waals surface area contributed by atoms with Crippen molar-refractivity contribution in [1.82, 2.24) is 20.0 Å². The second-order valence-corrected chi connectivity index (χ2v) is 7.35. The smallest absolute Gasteiger partial charge is 0.320 e. The van der Waals surface area contributed by atoms with E-state index in [1.165, 1.54) is 0 Å². The first-order valence-corrected chi connectivity index (χ1v) is 11.3. The molecule has 1 N–H and O–H groups in total. The summed E-state index contributed by atoms with van der Waals surface area (Å²) in [5.74, 6) is -0.728. The molecule has 10 heteroatoms. The Labute approximate surface area is 186 Å². The minimum Gasteiger partial charge on any atom is -0.465 e. The highest BCUT2D eigenvalue weighted by molar-refractivity contribution is 5.72. The molecule has 0 amide bonds. The number of esters is 3. The molecule has 0 atom stereocenters. The normalized spacial score (nSPS) is 18.3. The Hall–Kier alpha value is -1.75. The van der Waals surface area contributed by atoms with Crippen LogP contribution in [0.2, 0.25) is 0 Å². The van der Waals surface area contributed by atoms with Crippen molar-refractivity contribution in [2.24, 2.45) is 0 Å². The summed E-state index contributed by atoms with van der Waals surface area (Å²) in [6, 6.07) is 0. The molecular formula is C21H40N4O6. The molecule has 31 heavy (non-hydrogen) atoms. The van der Waals surface area contributed by atoms with Crippen molar-refractivity contribution in [3.05, 3.63) is 0 Å². The summed E-state index contributed by atoms with van der Waals surface area (Å²) in [7, 11) is 0. The number of carbonyl (C=O) groups excluding carboxylic acids is 3. The van der Waals surface area contributed by atoms with Crippen LogP contribution >= 0.6 is 0 Å². The Bertz CT molecular complexity index is 534. The van der Waals surface area contributed by atoms with Crippen molar-refractivity contribution in [2.75, 3.05) is 91.8 Å². The Kier molecular flexibility index (Phi) is 14.9. The molecule has 1 fully saturated rings. The summed E-state index contributed by atoms with van der Waals surface area (Å²) in [4.78, 5) is 42.1. The molecule has 0 spiro atoms. The van der Waals surface area contributed by atoms with E-state index in [-0.39, 0.29) is 37.5 Å². The summed E-state index contributed by atoms with van der Waals surface area (Å²) < 4.78 is 15.3. The first kappa shape index (κ1) is 27.3. The predicted molar refractivity (Wildman–Crippen MR) is 117 cm³/mol. The van der Waals surface area contributed by atoms with Crippen LogP contribution < -0.4 is 5.32 Å². The van der Waals surface area contributed by atoms with Crippen LogP contribution in [0.4, 0.5) is 0 Å². The molecule has 1 rings (SSSR count).